The van der Waals surface area contributed by atoms with Crippen LogP contribution in [0.15, 0.2) is 24.3 Å². The van der Waals surface area contributed by atoms with Crippen molar-refractivity contribution in [3.05, 3.63) is 29.8 Å². The molecule has 0 radical (unpaired) electrons. The molecule has 1 aromatic carbocycles. The first-order chi connectivity index (χ1) is 7.63. The van der Waals surface area contributed by atoms with E-state index in [1.807, 2.05) is 0 Å². The second-order valence-electron chi connectivity index (χ2n) is 3.26. The molecule has 5 nitrogen and oxygen atoms in total. The van der Waals surface area contributed by atoms with Gasteiger partial charge in [0.15, 0.2) is 0 Å². The van der Waals surface area contributed by atoms with Crippen LogP contribution in [0.2, 0.25) is 0 Å². The summed E-state index contributed by atoms with van der Waals surface area (Å²) in [5.74, 6) is -0.378. The maximum atomic E-state index is 10.6. The van der Waals surface area contributed by atoms with Gasteiger partial charge in [0.25, 0.3) is 0 Å². The Hall–Kier alpha value is -2.04. The van der Waals surface area contributed by atoms with Gasteiger partial charge in [-0.25, -0.2) is 4.79 Å². The Bertz CT molecular complexity index is 361. The molecule has 0 aliphatic rings. The minimum absolute atomic E-state index is 0.220. The summed E-state index contributed by atoms with van der Waals surface area (Å²) in [6.07, 6.45) is 0.719. The van der Waals surface area contributed by atoms with Crippen LogP contribution in [-0.4, -0.2) is 42.6 Å². The van der Waals surface area contributed by atoms with E-state index in [1.54, 1.807) is 19.2 Å². The number of carboxylic acid groups (broad SMARTS) is 1. The van der Waals surface area contributed by atoms with Gasteiger partial charge in [-0.05, 0) is 24.3 Å². The molecule has 0 spiro atoms. The molecule has 0 unspecified atom stereocenters. The fourth-order valence-electron chi connectivity index (χ4n) is 1.05. The van der Waals surface area contributed by atoms with E-state index in [0.29, 0.717) is 18.9 Å². The third-order valence-corrected chi connectivity index (χ3v) is 1.99. The lowest BCUT2D eigenvalue weighted by Gasteiger charge is -2.11. The Labute approximate surface area is 93.2 Å². The average Bonchev–Trinajstić information content (AvgIpc) is 2.29. The van der Waals surface area contributed by atoms with E-state index >= 15 is 0 Å². The summed E-state index contributed by atoms with van der Waals surface area (Å²) in [4.78, 5) is 22.3. The molecule has 0 saturated heterocycles. The van der Waals surface area contributed by atoms with Gasteiger partial charge < -0.3 is 14.7 Å². The van der Waals surface area contributed by atoms with Gasteiger partial charge in [-0.1, -0.05) is 0 Å². The molecule has 16 heavy (non-hydrogen) atoms. The molecule has 0 bridgehead atoms. The predicted molar refractivity (Wildman–Crippen MR) is 57.6 cm³/mol. The highest BCUT2D eigenvalue weighted by atomic mass is 16.5. The molecule has 0 aliphatic carbocycles. The van der Waals surface area contributed by atoms with Crippen LogP contribution in [-0.2, 0) is 4.79 Å². The Morgan fingerprint density at radius 3 is 2.56 bits per heavy atom. The third kappa shape index (κ3) is 3.61. The molecular weight excluding hydrogens is 210 g/mol. The summed E-state index contributed by atoms with van der Waals surface area (Å²) in [6, 6.07) is 6.12. The van der Waals surface area contributed by atoms with Crippen LogP contribution >= 0.6 is 0 Å². The van der Waals surface area contributed by atoms with Gasteiger partial charge in [-0.2, -0.15) is 0 Å². The summed E-state index contributed by atoms with van der Waals surface area (Å²) in [5.41, 5.74) is 0.220. The Morgan fingerprint density at radius 2 is 2.06 bits per heavy atom. The molecule has 0 fully saturated rings. The highest BCUT2D eigenvalue weighted by Crippen LogP contribution is 2.11. The van der Waals surface area contributed by atoms with Gasteiger partial charge in [0.2, 0.25) is 6.41 Å². The zero-order valence-corrected chi connectivity index (χ0v) is 8.92. The maximum Gasteiger partial charge on any atom is 0.335 e. The Balaban J connectivity index is 2.43. The number of aromatic carboxylic acids is 1. The Kier molecular flexibility index (Phi) is 4.32. The smallest absolute Gasteiger partial charge is 0.335 e. The van der Waals surface area contributed by atoms with Crippen LogP contribution in [0.25, 0.3) is 0 Å². The summed E-state index contributed by atoms with van der Waals surface area (Å²) < 4.78 is 5.32. The topological polar surface area (TPSA) is 66.8 Å². The van der Waals surface area contributed by atoms with Gasteiger partial charge in [-0.15, -0.1) is 0 Å². The van der Waals surface area contributed by atoms with E-state index in [2.05, 4.69) is 0 Å². The largest absolute Gasteiger partial charge is 0.492 e. The minimum Gasteiger partial charge on any atom is -0.492 e. The van der Waals surface area contributed by atoms with Crippen molar-refractivity contribution in [1.29, 1.82) is 0 Å². The fourth-order valence-corrected chi connectivity index (χ4v) is 1.05. The van der Waals surface area contributed by atoms with Crippen molar-refractivity contribution in [1.82, 2.24) is 4.90 Å². The van der Waals surface area contributed by atoms with Crippen molar-refractivity contribution in [2.75, 3.05) is 20.2 Å². The number of hydrogen-bond acceptors (Lipinski definition) is 3. The summed E-state index contributed by atoms with van der Waals surface area (Å²) >= 11 is 0. The van der Waals surface area contributed by atoms with Gasteiger partial charge >= 0.3 is 5.97 Å². The second kappa shape index (κ2) is 5.75. The van der Waals surface area contributed by atoms with Crippen molar-refractivity contribution >= 4 is 12.4 Å². The standard InChI is InChI=1S/C11H13NO4/c1-12(8-13)6-7-16-10-4-2-9(3-5-10)11(14)15/h2-5,8H,6-7H2,1H3,(H,14,15). The van der Waals surface area contributed by atoms with Crippen LogP contribution in [0, 0.1) is 0 Å². The fraction of sp³-hybridized carbons (Fsp3) is 0.273. The molecule has 1 N–H and O–H groups in total. The van der Waals surface area contributed by atoms with Crippen LogP contribution in [0.5, 0.6) is 5.75 Å². The lowest BCUT2D eigenvalue weighted by atomic mass is 10.2. The summed E-state index contributed by atoms with van der Waals surface area (Å²) in [6.45, 7) is 0.867. The molecule has 0 aliphatic heterocycles. The molecule has 1 aromatic rings. The molecule has 5 heteroatoms. The monoisotopic (exact) mass is 223 g/mol. The number of rotatable bonds is 6. The summed E-state index contributed by atoms with van der Waals surface area (Å²) in [7, 11) is 1.66. The van der Waals surface area contributed by atoms with Gasteiger partial charge in [0.1, 0.15) is 12.4 Å². The number of hydrogen-bond donors (Lipinski definition) is 1. The number of carbonyl (C=O) groups is 2. The highest BCUT2D eigenvalue weighted by molar-refractivity contribution is 5.87. The van der Waals surface area contributed by atoms with Crippen molar-refractivity contribution in [3.8, 4) is 5.75 Å². The van der Waals surface area contributed by atoms with Crippen LogP contribution in [0.1, 0.15) is 10.4 Å². The number of nitrogens with zero attached hydrogens (tertiary/aromatic N) is 1. The third-order valence-electron chi connectivity index (χ3n) is 1.99. The van der Waals surface area contributed by atoms with E-state index < -0.39 is 5.97 Å². The van der Waals surface area contributed by atoms with E-state index in [0.717, 1.165) is 6.41 Å². The number of carbonyl (C=O) groups excluding carboxylic acids is 1. The predicted octanol–water partition coefficient (Wildman–Crippen LogP) is 0.852. The van der Waals surface area contributed by atoms with E-state index in [1.165, 1.54) is 17.0 Å². The van der Waals surface area contributed by atoms with Crippen molar-refractivity contribution in [3.63, 3.8) is 0 Å². The molecule has 1 rings (SSSR count). The lowest BCUT2D eigenvalue weighted by Crippen LogP contribution is -2.22. The number of carboxylic acids is 1. The van der Waals surface area contributed by atoms with E-state index in [4.69, 9.17) is 9.84 Å². The number of benzene rings is 1. The molecule has 0 atom stereocenters. The lowest BCUT2D eigenvalue weighted by molar-refractivity contribution is -0.117. The number of likely N-dealkylation sites (N-methyl/N-ethyl adjacent to an activating group) is 1. The van der Waals surface area contributed by atoms with Crippen LogP contribution in [0.3, 0.4) is 0 Å². The Morgan fingerprint density at radius 1 is 1.44 bits per heavy atom. The first-order valence-corrected chi connectivity index (χ1v) is 4.75. The normalized spacial score (nSPS) is 9.56. The van der Waals surface area contributed by atoms with Gasteiger partial charge in [0.05, 0.1) is 12.1 Å². The molecule has 1 amide bonds. The second-order valence-corrected chi connectivity index (χ2v) is 3.26. The molecular formula is C11H13NO4. The average molecular weight is 223 g/mol. The first kappa shape index (κ1) is 12.0. The molecule has 0 saturated carbocycles. The molecule has 0 heterocycles. The zero-order chi connectivity index (χ0) is 12.0. The number of amides is 1. The van der Waals surface area contributed by atoms with Crippen molar-refractivity contribution in [2.45, 2.75) is 0 Å². The van der Waals surface area contributed by atoms with Gasteiger partial charge in [0, 0.05) is 7.05 Å². The minimum atomic E-state index is -0.966. The molecule has 86 valence electrons. The molecule has 0 aromatic heterocycles. The summed E-state index contributed by atoms with van der Waals surface area (Å²) in [5, 5.41) is 8.67. The first-order valence-electron chi connectivity index (χ1n) is 4.75. The van der Waals surface area contributed by atoms with Crippen molar-refractivity contribution in [2.24, 2.45) is 0 Å². The van der Waals surface area contributed by atoms with E-state index in [9.17, 15) is 9.59 Å². The van der Waals surface area contributed by atoms with Gasteiger partial charge in [-0.3, -0.25) is 4.79 Å². The maximum absolute atomic E-state index is 10.6. The van der Waals surface area contributed by atoms with Crippen LogP contribution < -0.4 is 4.74 Å². The van der Waals surface area contributed by atoms with E-state index in [-0.39, 0.29) is 5.56 Å². The highest BCUT2D eigenvalue weighted by Gasteiger charge is 2.02. The van der Waals surface area contributed by atoms with Crippen molar-refractivity contribution < 1.29 is 19.4 Å². The quantitative estimate of drug-likeness (QED) is 0.726. The zero-order valence-electron chi connectivity index (χ0n) is 8.92. The van der Waals surface area contributed by atoms with Crippen LogP contribution in [0.4, 0.5) is 0 Å². The SMILES string of the molecule is CN(C=O)CCOc1ccc(C(=O)O)cc1. The number of ether oxygens (including phenoxy) is 1.